The highest BCUT2D eigenvalue weighted by Gasteiger charge is 2.29. The van der Waals surface area contributed by atoms with Crippen molar-refractivity contribution in [1.82, 2.24) is 0 Å². The zero-order valence-corrected chi connectivity index (χ0v) is 8.95. The van der Waals surface area contributed by atoms with Crippen molar-refractivity contribution in [1.29, 1.82) is 0 Å². The SMILES string of the molecule is Oc1c(F)c(F)cc2c(NC(F)(F)F)cc(F)cc12. The van der Waals surface area contributed by atoms with Gasteiger partial charge in [0.2, 0.25) is 5.82 Å². The van der Waals surface area contributed by atoms with Crippen molar-refractivity contribution in [2.75, 3.05) is 5.32 Å². The van der Waals surface area contributed by atoms with Crippen molar-refractivity contribution in [3.05, 3.63) is 35.7 Å². The molecule has 8 heteroatoms. The molecule has 0 atom stereocenters. The molecule has 0 unspecified atom stereocenters. The number of aromatic hydroxyl groups is 1. The first-order chi connectivity index (χ1) is 8.69. The van der Waals surface area contributed by atoms with E-state index in [9.17, 15) is 31.4 Å². The van der Waals surface area contributed by atoms with Gasteiger partial charge in [-0.2, -0.15) is 17.6 Å². The zero-order valence-electron chi connectivity index (χ0n) is 8.95. The molecular weight excluding hydrogens is 276 g/mol. The summed E-state index contributed by atoms with van der Waals surface area (Å²) in [6, 6.07) is 1.51. The second-order valence-corrected chi connectivity index (χ2v) is 3.69. The number of benzene rings is 2. The third kappa shape index (κ3) is 2.51. The number of rotatable bonds is 1. The summed E-state index contributed by atoms with van der Waals surface area (Å²) < 4.78 is 76.0. The first kappa shape index (κ1) is 13.3. The molecule has 2 rings (SSSR count). The maximum Gasteiger partial charge on any atom is 0.482 e. The molecule has 0 spiro atoms. The fourth-order valence-corrected chi connectivity index (χ4v) is 1.65. The highest BCUT2D eigenvalue weighted by Crippen LogP contribution is 2.36. The van der Waals surface area contributed by atoms with Gasteiger partial charge >= 0.3 is 6.30 Å². The van der Waals surface area contributed by atoms with Crippen LogP contribution in [0.5, 0.6) is 5.75 Å². The molecule has 2 N–H and O–H groups in total. The van der Waals surface area contributed by atoms with E-state index < -0.39 is 46.0 Å². The van der Waals surface area contributed by atoms with Gasteiger partial charge in [-0.25, -0.2) is 8.78 Å². The van der Waals surface area contributed by atoms with Gasteiger partial charge in [0.05, 0.1) is 5.69 Å². The molecule has 0 saturated heterocycles. The van der Waals surface area contributed by atoms with Crippen LogP contribution in [0.25, 0.3) is 10.8 Å². The molecule has 0 amide bonds. The Balaban J connectivity index is 2.78. The van der Waals surface area contributed by atoms with Crippen LogP contribution in [0, 0.1) is 17.5 Å². The first-order valence-corrected chi connectivity index (χ1v) is 4.84. The Kier molecular flexibility index (Phi) is 2.95. The summed E-state index contributed by atoms with van der Waals surface area (Å²) in [6.07, 6.45) is -4.89. The summed E-state index contributed by atoms with van der Waals surface area (Å²) in [5.74, 6) is -5.59. The average molecular weight is 281 g/mol. The number of halogens is 6. The minimum absolute atomic E-state index is 0.442. The third-order valence-electron chi connectivity index (χ3n) is 2.36. The number of hydrogen-bond acceptors (Lipinski definition) is 2. The number of phenolic OH excluding ortho intramolecular Hbond substituents is 1. The zero-order chi connectivity index (χ0) is 14.4. The summed E-state index contributed by atoms with van der Waals surface area (Å²) in [5.41, 5.74) is -0.822. The lowest BCUT2D eigenvalue weighted by Gasteiger charge is -2.13. The number of nitrogens with one attached hydrogen (secondary N) is 1. The van der Waals surface area contributed by atoms with Gasteiger partial charge in [-0.15, -0.1) is 0 Å². The van der Waals surface area contributed by atoms with Crippen molar-refractivity contribution in [3.8, 4) is 5.75 Å². The molecule has 2 aromatic rings. The molecule has 19 heavy (non-hydrogen) atoms. The first-order valence-electron chi connectivity index (χ1n) is 4.84. The quantitative estimate of drug-likeness (QED) is 0.614. The van der Waals surface area contributed by atoms with E-state index in [0.29, 0.717) is 18.2 Å². The summed E-state index contributed by atoms with van der Waals surface area (Å²) in [4.78, 5) is 0. The van der Waals surface area contributed by atoms with Crippen LogP contribution in [0.4, 0.5) is 32.0 Å². The minimum Gasteiger partial charge on any atom is -0.504 e. The monoisotopic (exact) mass is 281 g/mol. The van der Waals surface area contributed by atoms with Gasteiger partial charge in [-0.1, -0.05) is 0 Å². The Morgan fingerprint density at radius 2 is 1.58 bits per heavy atom. The van der Waals surface area contributed by atoms with Crippen LogP contribution in [0.2, 0.25) is 0 Å². The molecular formula is C11H5F6NO. The summed E-state index contributed by atoms with van der Waals surface area (Å²) in [6.45, 7) is 0. The molecule has 0 bridgehead atoms. The highest BCUT2D eigenvalue weighted by atomic mass is 19.4. The van der Waals surface area contributed by atoms with Gasteiger partial charge in [0, 0.05) is 10.8 Å². The number of alkyl halides is 3. The van der Waals surface area contributed by atoms with Gasteiger partial charge in [-0.05, 0) is 18.2 Å². The lowest BCUT2D eigenvalue weighted by molar-refractivity contribution is -0.0998. The molecule has 0 aliphatic heterocycles. The molecule has 2 aromatic carbocycles. The van der Waals surface area contributed by atoms with Crippen LogP contribution in [0.3, 0.4) is 0 Å². The Hall–Kier alpha value is -2.12. The molecule has 2 nitrogen and oxygen atoms in total. The Morgan fingerprint density at radius 3 is 2.16 bits per heavy atom. The fraction of sp³-hybridized carbons (Fsp3) is 0.0909. The maximum absolute atomic E-state index is 13.1. The number of hydrogen-bond donors (Lipinski definition) is 2. The van der Waals surface area contributed by atoms with E-state index in [2.05, 4.69) is 0 Å². The van der Waals surface area contributed by atoms with E-state index in [4.69, 9.17) is 0 Å². The van der Waals surface area contributed by atoms with Gasteiger partial charge in [0.15, 0.2) is 11.6 Å². The number of phenols is 1. The smallest absolute Gasteiger partial charge is 0.482 e. The molecule has 0 radical (unpaired) electrons. The van der Waals surface area contributed by atoms with Crippen molar-refractivity contribution in [3.63, 3.8) is 0 Å². The van der Waals surface area contributed by atoms with E-state index >= 15 is 0 Å². The fourth-order valence-electron chi connectivity index (χ4n) is 1.65. The standard InChI is InChI=1S/C11H5F6NO/c12-4-1-6-5(3-7(13)9(14)10(6)19)8(2-4)18-11(15,16)17/h1-3,18-19H. The summed E-state index contributed by atoms with van der Waals surface area (Å²) in [7, 11) is 0. The van der Waals surface area contributed by atoms with E-state index in [0.717, 1.165) is 5.32 Å². The van der Waals surface area contributed by atoms with Crippen LogP contribution >= 0.6 is 0 Å². The molecule has 0 aliphatic rings. The van der Waals surface area contributed by atoms with Crippen LogP contribution in [0.15, 0.2) is 18.2 Å². The van der Waals surface area contributed by atoms with Gasteiger partial charge in [0.1, 0.15) is 5.82 Å². The summed E-state index contributed by atoms with van der Waals surface area (Å²) >= 11 is 0. The molecule has 0 aromatic heterocycles. The lowest BCUT2D eigenvalue weighted by atomic mass is 10.1. The second kappa shape index (κ2) is 4.22. The van der Waals surface area contributed by atoms with Crippen molar-refractivity contribution < 1.29 is 31.4 Å². The van der Waals surface area contributed by atoms with E-state index in [1.54, 1.807) is 0 Å². The van der Waals surface area contributed by atoms with E-state index in [-0.39, 0.29) is 0 Å². The maximum atomic E-state index is 13.1. The van der Waals surface area contributed by atoms with E-state index in [1.807, 2.05) is 0 Å². The highest BCUT2D eigenvalue weighted by molar-refractivity contribution is 5.97. The molecule has 0 fully saturated rings. The van der Waals surface area contributed by atoms with Gasteiger partial charge < -0.3 is 5.11 Å². The average Bonchev–Trinajstić information content (AvgIpc) is 2.26. The van der Waals surface area contributed by atoms with Gasteiger partial charge in [0.25, 0.3) is 0 Å². The molecule has 0 heterocycles. The molecule has 102 valence electrons. The Morgan fingerprint density at radius 1 is 0.947 bits per heavy atom. The predicted octanol–water partition coefficient (Wildman–Crippen LogP) is 3.89. The van der Waals surface area contributed by atoms with Crippen LogP contribution in [-0.2, 0) is 0 Å². The number of anilines is 1. The van der Waals surface area contributed by atoms with Crippen LogP contribution in [-0.4, -0.2) is 11.4 Å². The number of fused-ring (bicyclic) bond motifs is 1. The van der Waals surface area contributed by atoms with Crippen molar-refractivity contribution in [2.45, 2.75) is 6.30 Å². The topological polar surface area (TPSA) is 32.3 Å². The normalized spacial score (nSPS) is 11.9. The third-order valence-corrected chi connectivity index (χ3v) is 2.36. The second-order valence-electron chi connectivity index (χ2n) is 3.69. The van der Waals surface area contributed by atoms with Crippen molar-refractivity contribution >= 4 is 16.5 Å². The van der Waals surface area contributed by atoms with Gasteiger partial charge in [-0.3, -0.25) is 5.32 Å². The Labute approximate surface area is 102 Å². The lowest BCUT2D eigenvalue weighted by Crippen LogP contribution is -2.21. The van der Waals surface area contributed by atoms with Crippen LogP contribution < -0.4 is 5.32 Å². The summed E-state index contributed by atoms with van der Waals surface area (Å²) in [5, 5.41) is 9.24. The molecule has 0 saturated carbocycles. The van der Waals surface area contributed by atoms with Crippen molar-refractivity contribution in [2.24, 2.45) is 0 Å². The predicted molar refractivity (Wildman–Crippen MR) is 55.2 cm³/mol. The Bertz CT molecular complexity index is 652. The largest absolute Gasteiger partial charge is 0.504 e. The molecule has 0 aliphatic carbocycles. The van der Waals surface area contributed by atoms with Crippen LogP contribution in [0.1, 0.15) is 0 Å². The van der Waals surface area contributed by atoms with E-state index in [1.165, 1.54) is 0 Å². The minimum atomic E-state index is -4.89.